The molecule has 0 atom stereocenters. The predicted molar refractivity (Wildman–Crippen MR) is 77.6 cm³/mol. The highest BCUT2D eigenvalue weighted by atomic mass is 16.6. The second kappa shape index (κ2) is 6.29. The van der Waals surface area contributed by atoms with Gasteiger partial charge in [0.2, 0.25) is 5.78 Å². The van der Waals surface area contributed by atoms with Crippen molar-refractivity contribution in [1.82, 2.24) is 0 Å². The maximum atomic E-state index is 11.8. The molecule has 2 aromatic carbocycles. The van der Waals surface area contributed by atoms with Crippen molar-refractivity contribution in [3.05, 3.63) is 64.2 Å². The van der Waals surface area contributed by atoms with Gasteiger partial charge in [-0.15, -0.1) is 0 Å². The molecule has 2 N–H and O–H groups in total. The van der Waals surface area contributed by atoms with E-state index in [0.717, 1.165) is 6.21 Å². The van der Waals surface area contributed by atoms with Gasteiger partial charge >= 0.3 is 0 Å². The van der Waals surface area contributed by atoms with E-state index in [-0.39, 0.29) is 17.0 Å². The van der Waals surface area contributed by atoms with Crippen molar-refractivity contribution in [2.45, 2.75) is 0 Å². The molecule has 0 heterocycles. The molecule has 0 aliphatic carbocycles. The molecule has 0 bridgehead atoms. The summed E-state index contributed by atoms with van der Waals surface area (Å²) in [6, 6.07) is 11.6. The summed E-state index contributed by atoms with van der Waals surface area (Å²) in [7, 11) is 0. The molecule has 0 aromatic heterocycles. The van der Waals surface area contributed by atoms with E-state index in [1.807, 2.05) is 0 Å². The summed E-state index contributed by atoms with van der Waals surface area (Å²) in [5.74, 6) is -0.397. The highest BCUT2D eigenvalue weighted by Crippen LogP contribution is 2.15. The number of phenolic OH excluding ortho intramolecular Hbond substituents is 1. The van der Waals surface area contributed by atoms with Crippen LogP contribution >= 0.6 is 0 Å². The number of non-ortho nitro benzene ring substituents is 1. The largest absolute Gasteiger partial charge is 0.508 e. The van der Waals surface area contributed by atoms with Gasteiger partial charge in [0.1, 0.15) is 5.75 Å². The maximum Gasteiger partial charge on any atom is 0.270 e. The lowest BCUT2D eigenvalue weighted by Crippen LogP contribution is -2.03. The predicted octanol–water partition coefficient (Wildman–Crippen LogP) is 2.58. The molecule has 0 aliphatic rings. The number of phenols is 1. The zero-order valence-corrected chi connectivity index (χ0v) is 10.8. The van der Waals surface area contributed by atoms with Gasteiger partial charge in [0.05, 0.1) is 16.8 Å². The molecule has 0 fully saturated rings. The fourth-order valence-electron chi connectivity index (χ4n) is 1.59. The Morgan fingerprint density at radius 2 is 2.00 bits per heavy atom. The number of anilines is 1. The van der Waals surface area contributed by atoms with Gasteiger partial charge in [0.25, 0.3) is 5.69 Å². The van der Waals surface area contributed by atoms with Gasteiger partial charge in [0.15, 0.2) is 0 Å². The van der Waals surface area contributed by atoms with Crippen LogP contribution in [0.15, 0.2) is 53.6 Å². The number of hydrogen-bond donors (Lipinski definition) is 2. The first kappa shape index (κ1) is 14.2. The topological polar surface area (TPSA) is 105 Å². The number of nitro groups is 1. The third-order valence-electron chi connectivity index (χ3n) is 2.56. The Labute approximate surface area is 119 Å². The SMILES string of the molecule is O=C(C=NNc1cccc(O)c1)c1cccc([N+](=O)[O-])c1. The maximum absolute atomic E-state index is 11.8. The Morgan fingerprint density at radius 3 is 2.71 bits per heavy atom. The number of carbonyl (C=O) groups is 1. The number of nitrogens with one attached hydrogen (secondary N) is 1. The van der Waals surface area contributed by atoms with E-state index < -0.39 is 10.7 Å². The van der Waals surface area contributed by atoms with Crippen LogP contribution in [0.25, 0.3) is 0 Å². The van der Waals surface area contributed by atoms with Gasteiger partial charge in [-0.1, -0.05) is 18.2 Å². The minimum absolute atomic E-state index is 0.0696. The number of ketones is 1. The van der Waals surface area contributed by atoms with Crippen LogP contribution in [0.5, 0.6) is 5.75 Å². The molecule has 0 spiro atoms. The molecule has 2 rings (SSSR count). The van der Waals surface area contributed by atoms with Gasteiger partial charge in [0, 0.05) is 23.8 Å². The number of Topliss-reactive ketones (excluding diaryl/α,β-unsaturated/α-hetero) is 1. The Hall–Kier alpha value is -3.22. The van der Waals surface area contributed by atoms with Crippen LogP contribution in [0.1, 0.15) is 10.4 Å². The quantitative estimate of drug-likeness (QED) is 0.380. The van der Waals surface area contributed by atoms with Crippen molar-refractivity contribution in [3.63, 3.8) is 0 Å². The van der Waals surface area contributed by atoms with E-state index in [4.69, 9.17) is 0 Å². The first-order chi connectivity index (χ1) is 10.1. The van der Waals surface area contributed by atoms with Crippen molar-refractivity contribution < 1.29 is 14.8 Å². The molecule has 7 nitrogen and oxygen atoms in total. The molecule has 0 amide bonds. The van der Waals surface area contributed by atoms with Crippen LogP contribution in [0.3, 0.4) is 0 Å². The van der Waals surface area contributed by atoms with E-state index in [2.05, 4.69) is 10.5 Å². The second-order valence-corrected chi connectivity index (χ2v) is 4.09. The van der Waals surface area contributed by atoms with Gasteiger partial charge < -0.3 is 5.11 Å². The zero-order chi connectivity index (χ0) is 15.2. The minimum atomic E-state index is -0.571. The number of benzene rings is 2. The van der Waals surface area contributed by atoms with Gasteiger partial charge in [-0.25, -0.2) is 0 Å². The average Bonchev–Trinajstić information content (AvgIpc) is 2.47. The lowest BCUT2D eigenvalue weighted by molar-refractivity contribution is -0.384. The Kier molecular flexibility index (Phi) is 4.25. The van der Waals surface area contributed by atoms with Gasteiger partial charge in [-0.2, -0.15) is 5.10 Å². The summed E-state index contributed by atoms with van der Waals surface area (Å²) >= 11 is 0. The van der Waals surface area contributed by atoms with Crippen molar-refractivity contribution in [1.29, 1.82) is 0 Å². The third-order valence-corrected chi connectivity index (χ3v) is 2.56. The number of hydrogen-bond acceptors (Lipinski definition) is 6. The zero-order valence-electron chi connectivity index (χ0n) is 10.8. The fraction of sp³-hybridized carbons (Fsp3) is 0. The van der Waals surface area contributed by atoms with E-state index >= 15 is 0 Å². The summed E-state index contributed by atoms with van der Waals surface area (Å²) in [5.41, 5.74) is 3.11. The number of hydrazone groups is 1. The van der Waals surface area contributed by atoms with E-state index in [1.165, 1.54) is 36.4 Å². The number of nitro benzene ring substituents is 1. The average molecular weight is 285 g/mol. The number of carbonyl (C=O) groups excluding carboxylic acids is 1. The van der Waals surface area contributed by atoms with Crippen molar-refractivity contribution >= 4 is 23.4 Å². The van der Waals surface area contributed by atoms with Gasteiger partial charge in [-0.05, 0) is 12.1 Å². The highest BCUT2D eigenvalue weighted by molar-refractivity contribution is 6.35. The van der Waals surface area contributed by atoms with Crippen LogP contribution in [-0.2, 0) is 0 Å². The summed E-state index contributed by atoms with van der Waals surface area (Å²) in [6.45, 7) is 0. The first-order valence-electron chi connectivity index (χ1n) is 5.93. The van der Waals surface area contributed by atoms with Gasteiger partial charge in [-0.3, -0.25) is 20.3 Å². The van der Waals surface area contributed by atoms with Crippen LogP contribution in [0.2, 0.25) is 0 Å². The monoisotopic (exact) mass is 285 g/mol. The smallest absolute Gasteiger partial charge is 0.270 e. The number of rotatable bonds is 5. The van der Waals surface area contributed by atoms with Crippen molar-refractivity contribution in [2.24, 2.45) is 5.10 Å². The molecular weight excluding hydrogens is 274 g/mol. The minimum Gasteiger partial charge on any atom is -0.508 e. The molecular formula is C14H11N3O4. The third kappa shape index (κ3) is 3.87. The van der Waals surface area contributed by atoms with E-state index in [9.17, 15) is 20.0 Å². The van der Waals surface area contributed by atoms with Crippen LogP contribution < -0.4 is 5.43 Å². The molecule has 106 valence electrons. The Balaban J connectivity index is 2.05. The summed E-state index contributed by atoms with van der Waals surface area (Å²) in [6.07, 6.45) is 1.02. The lowest BCUT2D eigenvalue weighted by Gasteiger charge is -2.00. The first-order valence-corrected chi connectivity index (χ1v) is 5.93. The van der Waals surface area contributed by atoms with E-state index in [1.54, 1.807) is 12.1 Å². The molecule has 0 unspecified atom stereocenters. The molecule has 21 heavy (non-hydrogen) atoms. The Bertz CT molecular complexity index is 713. The second-order valence-electron chi connectivity index (χ2n) is 4.09. The van der Waals surface area contributed by atoms with Crippen LogP contribution in [0, 0.1) is 10.1 Å². The van der Waals surface area contributed by atoms with Crippen molar-refractivity contribution in [2.75, 3.05) is 5.43 Å². The molecule has 2 aromatic rings. The number of nitrogens with zero attached hydrogens (tertiary/aromatic N) is 2. The van der Waals surface area contributed by atoms with Crippen LogP contribution in [-0.4, -0.2) is 22.0 Å². The molecule has 7 heteroatoms. The van der Waals surface area contributed by atoms with Crippen LogP contribution in [0.4, 0.5) is 11.4 Å². The fourth-order valence-corrected chi connectivity index (χ4v) is 1.59. The molecule has 0 saturated heterocycles. The molecule has 0 radical (unpaired) electrons. The number of aromatic hydroxyl groups is 1. The molecule has 0 aliphatic heterocycles. The summed E-state index contributed by atoms with van der Waals surface area (Å²) in [4.78, 5) is 21.9. The standard InChI is InChI=1S/C14H11N3O4/c18-13-6-2-4-11(8-13)16-15-9-14(19)10-3-1-5-12(7-10)17(20)21/h1-9,16,18H. The summed E-state index contributed by atoms with van der Waals surface area (Å²) < 4.78 is 0. The summed E-state index contributed by atoms with van der Waals surface area (Å²) in [5, 5.41) is 23.6. The van der Waals surface area contributed by atoms with Crippen molar-refractivity contribution in [3.8, 4) is 5.75 Å². The highest BCUT2D eigenvalue weighted by Gasteiger charge is 2.09. The molecule has 0 saturated carbocycles. The normalized spacial score (nSPS) is 10.5. The van der Waals surface area contributed by atoms with E-state index in [0.29, 0.717) is 5.69 Å². The lowest BCUT2D eigenvalue weighted by atomic mass is 10.1. The Morgan fingerprint density at radius 1 is 1.24 bits per heavy atom.